The lowest BCUT2D eigenvalue weighted by Crippen LogP contribution is -2.36. The van der Waals surface area contributed by atoms with Gasteiger partial charge in [-0.1, -0.05) is 26.0 Å². The van der Waals surface area contributed by atoms with Crippen LogP contribution in [0.3, 0.4) is 0 Å². The van der Waals surface area contributed by atoms with Gasteiger partial charge in [-0.25, -0.2) is 19.2 Å². The first-order valence-electron chi connectivity index (χ1n) is 10.8. The molecule has 2 amide bonds. The summed E-state index contributed by atoms with van der Waals surface area (Å²) >= 11 is 0. The molecular formula is C22H36N2O8. The van der Waals surface area contributed by atoms with Crippen molar-refractivity contribution in [3.63, 3.8) is 0 Å². The Labute approximate surface area is 190 Å². The van der Waals surface area contributed by atoms with E-state index >= 15 is 0 Å². The van der Waals surface area contributed by atoms with E-state index in [-0.39, 0.29) is 39.5 Å². The maximum atomic E-state index is 12.0. The van der Waals surface area contributed by atoms with Crippen LogP contribution in [-0.4, -0.2) is 86.5 Å². The molecule has 0 heterocycles. The molecule has 0 aliphatic rings. The summed E-state index contributed by atoms with van der Waals surface area (Å²) in [4.78, 5) is 49.4. The van der Waals surface area contributed by atoms with Crippen molar-refractivity contribution in [1.29, 1.82) is 0 Å². The molecule has 32 heavy (non-hydrogen) atoms. The molecule has 0 fully saturated rings. The SMILES string of the molecule is C=CC(=O)OCCN(CCCCCCN(CCOC(=O)C=C)C(=O)OCC)C(=O)OCC. The molecule has 0 N–H and O–H groups in total. The van der Waals surface area contributed by atoms with Gasteiger partial charge in [-0.3, -0.25) is 0 Å². The molecule has 10 heteroatoms. The molecule has 0 unspecified atom stereocenters. The largest absolute Gasteiger partial charge is 0.461 e. The van der Waals surface area contributed by atoms with Crippen molar-refractivity contribution in [2.24, 2.45) is 0 Å². The molecule has 0 aromatic rings. The van der Waals surface area contributed by atoms with E-state index in [1.807, 2.05) is 0 Å². The first-order valence-corrected chi connectivity index (χ1v) is 10.8. The lowest BCUT2D eigenvalue weighted by molar-refractivity contribution is -0.139. The van der Waals surface area contributed by atoms with Crippen molar-refractivity contribution in [2.45, 2.75) is 39.5 Å². The Morgan fingerprint density at radius 1 is 0.625 bits per heavy atom. The van der Waals surface area contributed by atoms with Crippen LogP contribution in [0.15, 0.2) is 25.3 Å². The van der Waals surface area contributed by atoms with Crippen LogP contribution in [0, 0.1) is 0 Å². The summed E-state index contributed by atoms with van der Waals surface area (Å²) in [5.41, 5.74) is 0. The van der Waals surface area contributed by atoms with E-state index in [1.165, 1.54) is 9.80 Å². The minimum atomic E-state index is -0.542. The van der Waals surface area contributed by atoms with Crippen molar-refractivity contribution in [2.75, 3.05) is 52.6 Å². The monoisotopic (exact) mass is 456 g/mol. The highest BCUT2D eigenvalue weighted by molar-refractivity contribution is 5.81. The van der Waals surface area contributed by atoms with Gasteiger partial charge >= 0.3 is 24.1 Å². The first kappa shape index (κ1) is 29.0. The molecule has 0 saturated heterocycles. The van der Waals surface area contributed by atoms with Gasteiger partial charge in [0.15, 0.2) is 0 Å². The van der Waals surface area contributed by atoms with Gasteiger partial charge in [0.05, 0.1) is 26.3 Å². The predicted molar refractivity (Wildman–Crippen MR) is 118 cm³/mol. The fourth-order valence-corrected chi connectivity index (χ4v) is 2.61. The van der Waals surface area contributed by atoms with Gasteiger partial charge in [0.1, 0.15) is 13.2 Å². The Hall–Kier alpha value is -3.04. The lowest BCUT2D eigenvalue weighted by atomic mass is 10.2. The molecule has 0 aliphatic heterocycles. The maximum Gasteiger partial charge on any atom is 0.409 e. The standard InChI is InChI=1S/C22H36N2O8/c1-5-19(25)31-17-15-23(21(27)29-7-3)13-11-9-10-12-14-24(22(28)30-8-4)16-18-32-20(26)6-2/h5-6H,1-2,7-18H2,3-4H3. The van der Waals surface area contributed by atoms with E-state index in [1.54, 1.807) is 13.8 Å². The van der Waals surface area contributed by atoms with Crippen LogP contribution in [0.1, 0.15) is 39.5 Å². The number of hydrogen-bond donors (Lipinski definition) is 0. The Morgan fingerprint density at radius 2 is 1.00 bits per heavy atom. The molecule has 182 valence electrons. The molecule has 0 atom stereocenters. The number of hydrogen-bond acceptors (Lipinski definition) is 8. The zero-order chi connectivity index (χ0) is 24.2. The molecule has 0 aromatic heterocycles. The van der Waals surface area contributed by atoms with Crippen LogP contribution in [-0.2, 0) is 28.5 Å². The first-order chi connectivity index (χ1) is 15.4. The van der Waals surface area contributed by atoms with E-state index in [9.17, 15) is 19.2 Å². The number of rotatable bonds is 17. The van der Waals surface area contributed by atoms with Crippen LogP contribution in [0.25, 0.3) is 0 Å². The number of amides is 2. The quantitative estimate of drug-likeness (QED) is 0.142. The van der Waals surface area contributed by atoms with Crippen LogP contribution in [0.5, 0.6) is 0 Å². The molecule has 0 saturated carbocycles. The van der Waals surface area contributed by atoms with Crippen LogP contribution in [0.2, 0.25) is 0 Å². The van der Waals surface area contributed by atoms with Crippen molar-refractivity contribution in [1.82, 2.24) is 9.80 Å². The highest BCUT2D eigenvalue weighted by Gasteiger charge is 2.16. The normalized spacial score (nSPS) is 9.94. The smallest absolute Gasteiger partial charge is 0.409 e. The zero-order valence-electron chi connectivity index (χ0n) is 19.2. The third-order valence-corrected chi connectivity index (χ3v) is 4.20. The second kappa shape index (κ2) is 18.7. The van der Waals surface area contributed by atoms with Crippen molar-refractivity contribution >= 4 is 24.1 Å². The van der Waals surface area contributed by atoms with Crippen molar-refractivity contribution in [3.8, 4) is 0 Å². The summed E-state index contributed by atoms with van der Waals surface area (Å²) in [5.74, 6) is -1.08. The Bertz CT molecular complexity index is 557. The van der Waals surface area contributed by atoms with Crippen molar-refractivity contribution < 1.29 is 38.1 Å². The summed E-state index contributed by atoms with van der Waals surface area (Å²) in [6.07, 6.45) is 4.33. The summed E-state index contributed by atoms with van der Waals surface area (Å²) in [5, 5.41) is 0. The molecule has 0 rings (SSSR count). The average Bonchev–Trinajstić information content (AvgIpc) is 2.78. The number of unbranched alkanes of at least 4 members (excludes halogenated alkanes) is 3. The van der Waals surface area contributed by atoms with Gasteiger partial charge < -0.3 is 28.7 Å². The molecule has 0 bridgehead atoms. The summed E-state index contributed by atoms with van der Waals surface area (Å²) in [6, 6.07) is 0. The van der Waals surface area contributed by atoms with Gasteiger partial charge in [-0.05, 0) is 26.7 Å². The summed E-state index contributed by atoms with van der Waals surface area (Å²) in [6.45, 7) is 12.1. The predicted octanol–water partition coefficient (Wildman–Crippen LogP) is 2.92. The third kappa shape index (κ3) is 14.1. The number of esters is 2. The van der Waals surface area contributed by atoms with Gasteiger partial charge in [-0.2, -0.15) is 0 Å². The number of ether oxygens (including phenoxy) is 4. The minimum Gasteiger partial charge on any atom is -0.461 e. The van der Waals surface area contributed by atoms with E-state index in [0.717, 1.165) is 37.8 Å². The summed E-state index contributed by atoms with van der Waals surface area (Å²) in [7, 11) is 0. The fraction of sp³-hybridized carbons (Fsp3) is 0.636. The maximum absolute atomic E-state index is 12.0. The fourth-order valence-electron chi connectivity index (χ4n) is 2.61. The van der Waals surface area contributed by atoms with Crippen LogP contribution in [0.4, 0.5) is 9.59 Å². The molecular weight excluding hydrogens is 420 g/mol. The minimum absolute atomic E-state index is 0.0641. The number of nitrogens with zero attached hydrogens (tertiary/aromatic N) is 2. The van der Waals surface area contributed by atoms with Crippen LogP contribution >= 0.6 is 0 Å². The zero-order valence-corrected chi connectivity index (χ0v) is 19.2. The Kier molecular flexibility index (Phi) is 16.9. The third-order valence-electron chi connectivity index (χ3n) is 4.20. The molecule has 0 aliphatic carbocycles. The molecule has 0 radical (unpaired) electrons. The van der Waals surface area contributed by atoms with Gasteiger partial charge in [0, 0.05) is 25.2 Å². The second-order valence-corrected chi connectivity index (χ2v) is 6.53. The second-order valence-electron chi connectivity index (χ2n) is 6.53. The van der Waals surface area contributed by atoms with Crippen molar-refractivity contribution in [3.05, 3.63) is 25.3 Å². The molecule has 0 aromatic carbocycles. The van der Waals surface area contributed by atoms with Crippen LogP contribution < -0.4 is 0 Å². The van der Waals surface area contributed by atoms with E-state index in [0.29, 0.717) is 13.1 Å². The Balaban J connectivity index is 4.36. The van der Waals surface area contributed by atoms with E-state index in [2.05, 4.69) is 13.2 Å². The van der Waals surface area contributed by atoms with E-state index < -0.39 is 24.1 Å². The highest BCUT2D eigenvalue weighted by Crippen LogP contribution is 2.06. The molecule has 0 spiro atoms. The number of carbonyl (C=O) groups is 4. The lowest BCUT2D eigenvalue weighted by Gasteiger charge is -2.22. The molecule has 10 nitrogen and oxygen atoms in total. The van der Waals surface area contributed by atoms with Gasteiger partial charge in [-0.15, -0.1) is 0 Å². The number of carbonyl (C=O) groups excluding carboxylic acids is 4. The topological polar surface area (TPSA) is 112 Å². The van der Waals surface area contributed by atoms with Gasteiger partial charge in [0.2, 0.25) is 0 Å². The van der Waals surface area contributed by atoms with Gasteiger partial charge in [0.25, 0.3) is 0 Å². The Morgan fingerprint density at radius 3 is 1.31 bits per heavy atom. The van der Waals surface area contributed by atoms with E-state index in [4.69, 9.17) is 18.9 Å². The average molecular weight is 457 g/mol. The summed E-state index contributed by atoms with van der Waals surface area (Å²) < 4.78 is 19.9. The highest BCUT2D eigenvalue weighted by atomic mass is 16.6.